The van der Waals surface area contributed by atoms with Crippen LogP contribution in [0.4, 0.5) is 10.1 Å². The van der Waals surface area contributed by atoms with Gasteiger partial charge >= 0.3 is 0 Å². The third-order valence-electron chi connectivity index (χ3n) is 5.22. The van der Waals surface area contributed by atoms with E-state index < -0.39 is 17.2 Å². The van der Waals surface area contributed by atoms with E-state index in [1.54, 1.807) is 12.3 Å². The van der Waals surface area contributed by atoms with E-state index in [0.717, 1.165) is 30.5 Å². The highest BCUT2D eigenvalue weighted by Gasteiger charge is 2.48. The summed E-state index contributed by atoms with van der Waals surface area (Å²) in [6, 6.07) is 10.9. The van der Waals surface area contributed by atoms with Crippen molar-refractivity contribution in [3.63, 3.8) is 0 Å². The zero-order valence-corrected chi connectivity index (χ0v) is 17.0. The second kappa shape index (κ2) is 7.78. The molecule has 1 aromatic heterocycles. The van der Waals surface area contributed by atoms with E-state index in [1.165, 1.54) is 6.07 Å². The summed E-state index contributed by atoms with van der Waals surface area (Å²) in [5.41, 5.74) is 7.62. The number of aromatic nitrogens is 1. The second-order valence-electron chi connectivity index (χ2n) is 8.22. The Bertz CT molecular complexity index is 777. The number of nitrogens with zero attached hydrogens (tertiary/aromatic N) is 1. The summed E-state index contributed by atoms with van der Waals surface area (Å²) < 4.78 is 29.1. The fraction of sp³-hybridized carbons (Fsp3) is 0.476. The first kappa shape index (κ1) is 20.1. The third-order valence-corrected chi connectivity index (χ3v) is 6.79. The maximum atomic E-state index is 13.8. The molecule has 3 rings (SSSR count). The number of rotatable bonds is 7. The van der Waals surface area contributed by atoms with Crippen molar-refractivity contribution in [1.82, 2.24) is 9.71 Å². The van der Waals surface area contributed by atoms with Crippen LogP contribution in [0.2, 0.25) is 0 Å². The molecule has 2 aromatic rings. The minimum atomic E-state index is -1.14. The maximum absolute atomic E-state index is 13.8. The van der Waals surface area contributed by atoms with Crippen LogP contribution >= 0.6 is 0 Å². The fourth-order valence-electron chi connectivity index (χ4n) is 3.65. The van der Waals surface area contributed by atoms with Crippen LogP contribution in [0.25, 0.3) is 0 Å². The van der Waals surface area contributed by atoms with Crippen LogP contribution in [0.1, 0.15) is 51.3 Å². The van der Waals surface area contributed by atoms with Gasteiger partial charge in [0.05, 0.1) is 11.4 Å². The first-order valence-electron chi connectivity index (χ1n) is 9.37. The van der Waals surface area contributed by atoms with Gasteiger partial charge in [-0.15, -0.1) is 4.72 Å². The van der Waals surface area contributed by atoms with Gasteiger partial charge in [-0.2, -0.15) is 0 Å². The van der Waals surface area contributed by atoms with E-state index in [2.05, 4.69) is 9.71 Å². The minimum Gasteiger partial charge on any atom is -0.598 e. The molecule has 1 aliphatic carbocycles. The normalized spacial score (nSPS) is 18.1. The first-order chi connectivity index (χ1) is 12.7. The molecule has 1 heterocycles. The molecule has 146 valence electrons. The Hall–Kier alpha value is -1.63. The molecular formula is C21H28FN3OS. The minimum absolute atomic E-state index is 0.152. The Kier molecular flexibility index (Phi) is 5.79. The van der Waals surface area contributed by atoms with E-state index in [-0.39, 0.29) is 15.8 Å². The Morgan fingerprint density at radius 1 is 1.26 bits per heavy atom. The molecule has 27 heavy (non-hydrogen) atoms. The molecule has 0 saturated heterocycles. The van der Waals surface area contributed by atoms with E-state index in [9.17, 15) is 8.94 Å². The van der Waals surface area contributed by atoms with Gasteiger partial charge in [0.15, 0.2) is 0 Å². The molecule has 2 atom stereocenters. The summed E-state index contributed by atoms with van der Waals surface area (Å²) in [5.74, 6) is 0.0126. The predicted molar refractivity (Wildman–Crippen MR) is 109 cm³/mol. The second-order valence-corrected chi connectivity index (χ2v) is 10.3. The van der Waals surface area contributed by atoms with Crippen molar-refractivity contribution < 1.29 is 8.94 Å². The lowest BCUT2D eigenvalue weighted by Gasteiger charge is -2.35. The van der Waals surface area contributed by atoms with Crippen LogP contribution in [-0.2, 0) is 16.8 Å². The lowest BCUT2D eigenvalue weighted by Crippen LogP contribution is -2.42. The largest absolute Gasteiger partial charge is 0.598 e. The highest BCUT2D eigenvalue weighted by atomic mass is 32.2. The highest BCUT2D eigenvalue weighted by Crippen LogP contribution is 2.53. The number of hydrogen-bond acceptors (Lipinski definition) is 4. The summed E-state index contributed by atoms with van der Waals surface area (Å²) in [5, 5.41) is 0. The van der Waals surface area contributed by atoms with Gasteiger partial charge in [0.25, 0.3) is 0 Å². The molecule has 3 N–H and O–H groups in total. The number of nitrogen functional groups attached to an aromatic ring is 1. The number of anilines is 1. The quantitative estimate of drug-likeness (QED) is 0.556. The van der Waals surface area contributed by atoms with E-state index in [4.69, 9.17) is 5.73 Å². The fourth-order valence-corrected chi connectivity index (χ4v) is 4.37. The topological polar surface area (TPSA) is 74.0 Å². The molecule has 0 unspecified atom stereocenters. The van der Waals surface area contributed by atoms with Crippen LogP contribution in [0.15, 0.2) is 42.6 Å². The molecule has 1 saturated carbocycles. The van der Waals surface area contributed by atoms with Crippen molar-refractivity contribution in [2.75, 3.05) is 12.3 Å². The van der Waals surface area contributed by atoms with Crippen LogP contribution in [0.3, 0.4) is 0 Å². The molecule has 0 amide bonds. The molecule has 1 aliphatic rings. The number of halogens is 1. The van der Waals surface area contributed by atoms with E-state index in [1.807, 2.05) is 45.0 Å². The summed E-state index contributed by atoms with van der Waals surface area (Å²) in [4.78, 5) is 4.65. The summed E-state index contributed by atoms with van der Waals surface area (Å²) >= 11 is -1.14. The van der Waals surface area contributed by atoms with Crippen LogP contribution in [0, 0.1) is 11.7 Å². The van der Waals surface area contributed by atoms with Gasteiger partial charge in [-0.25, -0.2) is 4.39 Å². The monoisotopic (exact) mass is 389 g/mol. The number of hydrogen-bond donors (Lipinski definition) is 2. The van der Waals surface area contributed by atoms with Gasteiger partial charge in [-0.05, 0) is 75.8 Å². The zero-order valence-electron chi connectivity index (χ0n) is 16.2. The van der Waals surface area contributed by atoms with Crippen LogP contribution in [0.5, 0.6) is 0 Å². The molecule has 0 spiro atoms. The van der Waals surface area contributed by atoms with E-state index in [0.29, 0.717) is 12.5 Å². The molecule has 0 aliphatic heterocycles. The maximum Gasteiger partial charge on any atom is 0.146 e. The molecule has 1 fully saturated rings. The van der Waals surface area contributed by atoms with Crippen molar-refractivity contribution in [3.8, 4) is 0 Å². The Morgan fingerprint density at radius 2 is 2.00 bits per heavy atom. The SMILES string of the molecule is CC(C)(C)[S@+]([O-])NCC[C@](c1ccc(F)c(N)c1)(c1ccccn1)C1CC1. The summed E-state index contributed by atoms with van der Waals surface area (Å²) in [6.45, 7) is 6.42. The average molecular weight is 390 g/mol. The summed E-state index contributed by atoms with van der Waals surface area (Å²) in [6.07, 6.45) is 4.70. The number of nitrogens with one attached hydrogen (secondary N) is 1. The smallest absolute Gasteiger partial charge is 0.146 e. The molecule has 6 heteroatoms. The molecule has 4 nitrogen and oxygen atoms in total. The lowest BCUT2D eigenvalue weighted by atomic mass is 9.70. The molecule has 0 radical (unpaired) electrons. The van der Waals surface area contributed by atoms with Gasteiger partial charge in [-0.1, -0.05) is 12.1 Å². The van der Waals surface area contributed by atoms with Gasteiger partial charge in [0, 0.05) is 29.5 Å². The first-order valence-corrected chi connectivity index (χ1v) is 10.5. The van der Waals surface area contributed by atoms with Gasteiger partial charge in [-0.3, -0.25) is 4.98 Å². The van der Waals surface area contributed by atoms with Crippen molar-refractivity contribution in [2.24, 2.45) is 5.92 Å². The Balaban J connectivity index is 1.96. The van der Waals surface area contributed by atoms with E-state index >= 15 is 0 Å². The molecule has 1 aromatic carbocycles. The number of pyridine rings is 1. The number of nitrogens with two attached hydrogens (primary N) is 1. The van der Waals surface area contributed by atoms with Gasteiger partial charge in [0.1, 0.15) is 10.6 Å². The highest BCUT2D eigenvalue weighted by molar-refractivity contribution is 7.90. The number of benzene rings is 1. The zero-order chi connectivity index (χ0) is 19.7. The van der Waals surface area contributed by atoms with Gasteiger partial charge in [0.2, 0.25) is 0 Å². The average Bonchev–Trinajstić information content (AvgIpc) is 3.46. The van der Waals surface area contributed by atoms with Gasteiger partial charge < -0.3 is 10.3 Å². The van der Waals surface area contributed by atoms with Crippen molar-refractivity contribution >= 4 is 17.0 Å². The Morgan fingerprint density at radius 3 is 2.56 bits per heavy atom. The van der Waals surface area contributed by atoms with Crippen LogP contribution < -0.4 is 10.5 Å². The van der Waals surface area contributed by atoms with Crippen molar-refractivity contribution in [1.29, 1.82) is 0 Å². The predicted octanol–water partition coefficient (Wildman–Crippen LogP) is 3.94. The standard InChI is InChI=1S/C21H28FN3OS/c1-20(2,3)27(26)25-13-11-21(15-7-8-15,19-6-4-5-12-24-19)16-9-10-17(22)18(23)14-16/h4-6,9-10,12,14-15,25H,7-8,11,13,23H2,1-3H3/t21-,27-/m0/s1. The van der Waals surface area contributed by atoms with Crippen molar-refractivity contribution in [3.05, 3.63) is 59.7 Å². The van der Waals surface area contributed by atoms with Crippen molar-refractivity contribution in [2.45, 2.75) is 50.2 Å². The summed E-state index contributed by atoms with van der Waals surface area (Å²) in [7, 11) is 0. The Labute approximate surface area is 164 Å². The molecule has 0 bridgehead atoms. The van der Waals surface area contributed by atoms with Crippen LogP contribution in [-0.4, -0.2) is 20.8 Å². The lowest BCUT2D eigenvalue weighted by molar-refractivity contribution is 0.399. The third kappa shape index (κ3) is 4.28. The molecular weight excluding hydrogens is 361 g/mol.